The lowest BCUT2D eigenvalue weighted by Crippen LogP contribution is -2.54. The first-order chi connectivity index (χ1) is 9.62. The molecule has 0 unspecified atom stereocenters. The smallest absolute Gasteiger partial charge is 0.390 e. The van der Waals surface area contributed by atoms with Gasteiger partial charge in [-0.1, -0.05) is 6.58 Å². The minimum atomic E-state index is -4.36. The van der Waals surface area contributed by atoms with E-state index in [0.29, 0.717) is 29.7 Å². The summed E-state index contributed by atoms with van der Waals surface area (Å²) >= 11 is 0.617. The summed E-state index contributed by atoms with van der Waals surface area (Å²) in [7, 11) is 0. The molecular formula is C14H16F3NO2S. The third-order valence-corrected chi connectivity index (χ3v) is 4.56. The average molecular weight is 319 g/mol. The molecule has 0 radical (unpaired) electrons. The maximum atomic E-state index is 12.6. The van der Waals surface area contributed by atoms with Gasteiger partial charge in [-0.15, -0.1) is 11.3 Å². The van der Waals surface area contributed by atoms with Crippen LogP contribution in [-0.2, 0) is 17.5 Å². The molecule has 1 aliphatic rings. The third-order valence-electron chi connectivity index (χ3n) is 3.54. The number of aliphatic hydroxyl groups is 1. The molecule has 0 aromatic carbocycles. The van der Waals surface area contributed by atoms with Crippen molar-refractivity contribution in [1.82, 2.24) is 4.90 Å². The van der Waals surface area contributed by atoms with Gasteiger partial charge >= 0.3 is 6.18 Å². The Labute approximate surface area is 124 Å². The summed E-state index contributed by atoms with van der Waals surface area (Å²) in [6.07, 6.45) is -2.38. The number of carbonyl (C=O) groups is 1. The summed E-state index contributed by atoms with van der Waals surface area (Å²) in [6.45, 7) is 5.18. The van der Waals surface area contributed by atoms with Gasteiger partial charge in [-0.05, 0) is 42.9 Å². The third kappa shape index (κ3) is 3.65. The SMILES string of the molecule is C=CC(=O)N(Cc1csc(C(F)(F)F)c1)C1CC(C)(O)C1. The van der Waals surface area contributed by atoms with Crippen molar-refractivity contribution in [3.05, 3.63) is 34.5 Å². The summed E-state index contributed by atoms with van der Waals surface area (Å²) in [4.78, 5) is 12.7. The first-order valence-electron chi connectivity index (χ1n) is 6.42. The highest BCUT2D eigenvalue weighted by Crippen LogP contribution is 2.38. The van der Waals surface area contributed by atoms with Crippen LogP contribution < -0.4 is 0 Å². The molecule has 1 aromatic heterocycles. The summed E-state index contributed by atoms with van der Waals surface area (Å²) < 4.78 is 37.7. The molecule has 1 aromatic rings. The van der Waals surface area contributed by atoms with E-state index in [1.165, 1.54) is 10.3 Å². The van der Waals surface area contributed by atoms with Gasteiger partial charge in [0.05, 0.1) is 5.60 Å². The number of alkyl halides is 3. The number of nitrogens with zero attached hydrogens (tertiary/aromatic N) is 1. The van der Waals surface area contributed by atoms with Crippen LogP contribution in [0.25, 0.3) is 0 Å². The molecule has 0 bridgehead atoms. The van der Waals surface area contributed by atoms with E-state index in [-0.39, 0.29) is 18.5 Å². The Morgan fingerprint density at radius 1 is 1.62 bits per heavy atom. The maximum absolute atomic E-state index is 12.6. The van der Waals surface area contributed by atoms with Crippen LogP contribution in [0, 0.1) is 0 Å². The molecule has 1 N–H and O–H groups in total. The van der Waals surface area contributed by atoms with Crippen molar-refractivity contribution in [2.75, 3.05) is 0 Å². The van der Waals surface area contributed by atoms with Gasteiger partial charge in [-0.2, -0.15) is 13.2 Å². The molecule has 1 amide bonds. The normalized spacial score (nSPS) is 25.3. The van der Waals surface area contributed by atoms with Crippen LogP contribution in [0.5, 0.6) is 0 Å². The van der Waals surface area contributed by atoms with Gasteiger partial charge in [0.25, 0.3) is 0 Å². The summed E-state index contributed by atoms with van der Waals surface area (Å²) in [5.41, 5.74) is -0.370. The molecule has 0 atom stereocenters. The van der Waals surface area contributed by atoms with E-state index < -0.39 is 16.7 Å². The number of hydrogen-bond donors (Lipinski definition) is 1. The van der Waals surface area contributed by atoms with Gasteiger partial charge in [0.1, 0.15) is 4.88 Å². The lowest BCUT2D eigenvalue weighted by Gasteiger charge is -2.46. The van der Waals surface area contributed by atoms with Crippen molar-refractivity contribution < 1.29 is 23.1 Å². The Morgan fingerprint density at radius 3 is 2.67 bits per heavy atom. The molecule has 1 heterocycles. The van der Waals surface area contributed by atoms with Crippen LogP contribution in [0.4, 0.5) is 13.2 Å². The van der Waals surface area contributed by atoms with Gasteiger partial charge in [0.2, 0.25) is 5.91 Å². The largest absolute Gasteiger partial charge is 0.425 e. The number of amides is 1. The molecule has 0 saturated heterocycles. The zero-order chi connectivity index (χ0) is 15.8. The number of thiophene rings is 1. The molecule has 2 rings (SSSR count). The van der Waals surface area contributed by atoms with Crippen LogP contribution >= 0.6 is 11.3 Å². The van der Waals surface area contributed by atoms with Gasteiger partial charge in [0, 0.05) is 12.6 Å². The molecule has 0 spiro atoms. The minimum absolute atomic E-state index is 0.0954. The van der Waals surface area contributed by atoms with Crippen molar-refractivity contribution in [3.63, 3.8) is 0 Å². The summed E-state index contributed by atoms with van der Waals surface area (Å²) in [6, 6.07) is 0.893. The minimum Gasteiger partial charge on any atom is -0.390 e. The van der Waals surface area contributed by atoms with Crippen LogP contribution in [0.1, 0.15) is 30.2 Å². The van der Waals surface area contributed by atoms with E-state index in [2.05, 4.69) is 6.58 Å². The van der Waals surface area contributed by atoms with Gasteiger partial charge in [0.15, 0.2) is 0 Å². The second kappa shape index (κ2) is 5.46. The first kappa shape index (κ1) is 16.0. The molecule has 7 heteroatoms. The predicted molar refractivity (Wildman–Crippen MR) is 73.7 cm³/mol. The quantitative estimate of drug-likeness (QED) is 0.866. The number of hydrogen-bond acceptors (Lipinski definition) is 3. The Hall–Kier alpha value is -1.34. The molecular weight excluding hydrogens is 303 g/mol. The second-order valence-electron chi connectivity index (χ2n) is 5.55. The summed E-state index contributed by atoms with van der Waals surface area (Å²) in [5, 5.41) is 11.2. The molecule has 1 fully saturated rings. The zero-order valence-electron chi connectivity index (χ0n) is 11.5. The lowest BCUT2D eigenvalue weighted by molar-refractivity contribution is -0.139. The van der Waals surface area contributed by atoms with Crippen molar-refractivity contribution in [2.24, 2.45) is 0 Å². The highest BCUT2D eigenvalue weighted by molar-refractivity contribution is 7.10. The van der Waals surface area contributed by atoms with Gasteiger partial charge < -0.3 is 10.0 Å². The standard InChI is InChI=1S/C14H16F3NO2S/c1-3-12(19)18(10-5-13(2,20)6-10)7-9-4-11(21-8-9)14(15,16)17/h3-4,8,10,20H,1,5-7H2,2H3. The Balaban J connectivity index is 2.11. The van der Waals surface area contributed by atoms with E-state index in [4.69, 9.17) is 0 Å². The highest BCUT2D eigenvalue weighted by Gasteiger charge is 2.43. The predicted octanol–water partition coefficient (Wildman–Crippen LogP) is 3.19. The first-order valence-corrected chi connectivity index (χ1v) is 7.30. The number of rotatable bonds is 4. The van der Waals surface area contributed by atoms with E-state index in [1.54, 1.807) is 6.92 Å². The molecule has 1 aliphatic carbocycles. The zero-order valence-corrected chi connectivity index (χ0v) is 12.3. The Morgan fingerprint density at radius 2 is 2.24 bits per heavy atom. The van der Waals surface area contributed by atoms with Gasteiger partial charge in [-0.3, -0.25) is 4.79 Å². The van der Waals surface area contributed by atoms with Crippen molar-refractivity contribution >= 4 is 17.2 Å². The fourth-order valence-electron chi connectivity index (χ4n) is 2.48. The maximum Gasteiger partial charge on any atom is 0.425 e. The van der Waals surface area contributed by atoms with Crippen LogP contribution in [0.15, 0.2) is 24.1 Å². The monoisotopic (exact) mass is 319 g/mol. The van der Waals surface area contributed by atoms with Crippen LogP contribution in [-0.4, -0.2) is 27.6 Å². The average Bonchev–Trinajstić information content (AvgIpc) is 2.80. The van der Waals surface area contributed by atoms with E-state index >= 15 is 0 Å². The molecule has 3 nitrogen and oxygen atoms in total. The van der Waals surface area contributed by atoms with Crippen LogP contribution in [0.3, 0.4) is 0 Å². The summed E-state index contributed by atoms with van der Waals surface area (Å²) in [5.74, 6) is -0.338. The number of halogens is 3. The molecule has 21 heavy (non-hydrogen) atoms. The van der Waals surface area contributed by atoms with Crippen LogP contribution in [0.2, 0.25) is 0 Å². The lowest BCUT2D eigenvalue weighted by atomic mass is 9.76. The van der Waals surface area contributed by atoms with E-state index in [1.807, 2.05) is 0 Å². The van der Waals surface area contributed by atoms with Crippen molar-refractivity contribution in [2.45, 2.75) is 44.1 Å². The van der Waals surface area contributed by atoms with E-state index in [0.717, 1.165) is 12.1 Å². The molecule has 0 aliphatic heterocycles. The van der Waals surface area contributed by atoms with E-state index in [9.17, 15) is 23.1 Å². The van der Waals surface area contributed by atoms with Gasteiger partial charge in [-0.25, -0.2) is 0 Å². The topological polar surface area (TPSA) is 40.5 Å². The highest BCUT2D eigenvalue weighted by atomic mass is 32.1. The number of carbonyl (C=O) groups excluding carboxylic acids is 1. The fraction of sp³-hybridized carbons (Fsp3) is 0.500. The Bertz CT molecular complexity index is 543. The Kier molecular flexibility index (Phi) is 4.17. The molecule has 1 saturated carbocycles. The molecule has 116 valence electrons. The van der Waals surface area contributed by atoms with Crippen molar-refractivity contribution in [3.8, 4) is 0 Å². The van der Waals surface area contributed by atoms with Crippen molar-refractivity contribution in [1.29, 1.82) is 0 Å². The fourth-order valence-corrected chi connectivity index (χ4v) is 3.26. The second-order valence-corrected chi connectivity index (χ2v) is 6.46.